The maximum Gasteiger partial charge on any atom is 0.339 e. The van der Waals surface area contributed by atoms with E-state index in [1.165, 1.54) is 23.5 Å². The predicted octanol–water partition coefficient (Wildman–Crippen LogP) is 9.26. The summed E-state index contributed by atoms with van der Waals surface area (Å²) in [6, 6.07) is 25.0. The van der Waals surface area contributed by atoms with Gasteiger partial charge in [-0.25, -0.2) is 9.59 Å². The molecule has 0 fully saturated rings. The fraction of sp³-hybridized carbons (Fsp3) is 0.444. The van der Waals surface area contributed by atoms with E-state index in [1.54, 1.807) is 12.1 Å². The molecule has 0 saturated heterocycles. The smallest absolute Gasteiger partial charge is 0.339 e. The number of rotatable bonds is 17. The van der Waals surface area contributed by atoms with E-state index in [-0.39, 0.29) is 31.3 Å². The van der Waals surface area contributed by atoms with Gasteiger partial charge in [0, 0.05) is 9.79 Å². The molecule has 44 heavy (non-hydrogen) atoms. The average molecular weight is 638 g/mol. The van der Waals surface area contributed by atoms with Crippen molar-refractivity contribution in [3.63, 3.8) is 0 Å². The SMILES string of the molecule is CCCC(CCC)(COC(=O)c1ccccc1SC)N(OC(C)c1ccccc1)C(C)(C)COC(=O)c1ccccc1SC. The Morgan fingerprint density at radius 2 is 1.18 bits per heavy atom. The van der Waals surface area contributed by atoms with Crippen LogP contribution in [0.25, 0.3) is 0 Å². The first-order valence-corrected chi connectivity index (χ1v) is 17.7. The van der Waals surface area contributed by atoms with E-state index in [2.05, 4.69) is 13.8 Å². The molecule has 1 unspecified atom stereocenters. The molecule has 3 aromatic carbocycles. The summed E-state index contributed by atoms with van der Waals surface area (Å²) in [4.78, 5) is 35.4. The molecule has 238 valence electrons. The summed E-state index contributed by atoms with van der Waals surface area (Å²) < 4.78 is 12.1. The van der Waals surface area contributed by atoms with Gasteiger partial charge in [-0.2, -0.15) is 5.06 Å². The van der Waals surface area contributed by atoms with Crippen LogP contribution in [-0.4, -0.2) is 53.8 Å². The number of esters is 2. The molecule has 3 aromatic rings. The Balaban J connectivity index is 1.99. The van der Waals surface area contributed by atoms with Crippen LogP contribution in [0.2, 0.25) is 0 Å². The molecule has 0 aliphatic heterocycles. The van der Waals surface area contributed by atoms with E-state index < -0.39 is 11.1 Å². The van der Waals surface area contributed by atoms with Gasteiger partial charge in [-0.3, -0.25) is 4.84 Å². The molecule has 0 heterocycles. The number of carbonyl (C=O) groups excluding carboxylic acids is 2. The first-order valence-electron chi connectivity index (χ1n) is 15.2. The average Bonchev–Trinajstić information content (AvgIpc) is 3.05. The van der Waals surface area contributed by atoms with E-state index in [0.29, 0.717) is 24.0 Å². The second-order valence-electron chi connectivity index (χ2n) is 11.5. The molecule has 8 heteroatoms. The van der Waals surface area contributed by atoms with Gasteiger partial charge in [-0.1, -0.05) is 81.3 Å². The molecule has 0 N–H and O–H groups in total. The lowest BCUT2D eigenvalue weighted by molar-refractivity contribution is -0.311. The molecule has 0 radical (unpaired) electrons. The molecule has 0 aliphatic rings. The second kappa shape index (κ2) is 17.1. The van der Waals surface area contributed by atoms with Crippen molar-refractivity contribution in [2.24, 2.45) is 0 Å². The molecule has 6 nitrogen and oxygen atoms in total. The molecular weight excluding hydrogens is 591 g/mol. The van der Waals surface area contributed by atoms with Crippen LogP contribution >= 0.6 is 23.5 Å². The van der Waals surface area contributed by atoms with Crippen LogP contribution in [0.5, 0.6) is 0 Å². The first-order chi connectivity index (χ1) is 21.1. The minimum Gasteiger partial charge on any atom is -0.460 e. The van der Waals surface area contributed by atoms with Gasteiger partial charge in [-0.05, 0) is 76.0 Å². The zero-order valence-corrected chi connectivity index (χ0v) is 28.8. The maximum absolute atomic E-state index is 13.5. The monoisotopic (exact) mass is 637 g/mol. The Morgan fingerprint density at radius 3 is 1.66 bits per heavy atom. The summed E-state index contributed by atoms with van der Waals surface area (Å²) in [6.45, 7) is 10.5. The lowest BCUT2D eigenvalue weighted by Gasteiger charge is -2.51. The van der Waals surface area contributed by atoms with Gasteiger partial charge < -0.3 is 9.47 Å². The number of thioether (sulfide) groups is 2. The van der Waals surface area contributed by atoms with Gasteiger partial charge in [0.1, 0.15) is 19.3 Å². The molecule has 1 atom stereocenters. The van der Waals surface area contributed by atoms with Gasteiger partial charge >= 0.3 is 11.9 Å². The zero-order valence-electron chi connectivity index (χ0n) is 27.1. The van der Waals surface area contributed by atoms with Crippen LogP contribution in [-0.2, 0) is 14.3 Å². The highest BCUT2D eigenvalue weighted by Gasteiger charge is 2.47. The highest BCUT2D eigenvalue weighted by molar-refractivity contribution is 7.99. The Hall–Kier alpha value is -2.78. The van der Waals surface area contributed by atoms with Crippen molar-refractivity contribution < 1.29 is 23.9 Å². The summed E-state index contributed by atoms with van der Waals surface area (Å²) in [7, 11) is 0. The third kappa shape index (κ3) is 9.13. The Kier molecular flexibility index (Phi) is 13.8. The van der Waals surface area contributed by atoms with Gasteiger partial charge in [0.25, 0.3) is 0 Å². The van der Waals surface area contributed by atoms with Crippen molar-refractivity contribution in [1.82, 2.24) is 5.06 Å². The van der Waals surface area contributed by atoms with Gasteiger partial charge in [0.15, 0.2) is 0 Å². The number of ether oxygens (including phenoxy) is 2. The number of hydrogen-bond acceptors (Lipinski definition) is 8. The number of hydrogen-bond donors (Lipinski definition) is 0. The Bertz CT molecular complexity index is 1340. The van der Waals surface area contributed by atoms with Crippen molar-refractivity contribution in [3.8, 4) is 0 Å². The number of nitrogens with zero attached hydrogens (tertiary/aromatic N) is 1. The largest absolute Gasteiger partial charge is 0.460 e. The highest BCUT2D eigenvalue weighted by atomic mass is 32.2. The van der Waals surface area contributed by atoms with E-state index in [0.717, 1.165) is 28.2 Å². The summed E-state index contributed by atoms with van der Waals surface area (Å²) in [5.74, 6) is -0.740. The lowest BCUT2D eigenvalue weighted by atomic mass is 9.85. The molecule has 0 saturated carbocycles. The minimum absolute atomic E-state index is 0.0779. The molecule has 0 spiro atoms. The normalized spacial score (nSPS) is 12.6. The highest BCUT2D eigenvalue weighted by Crippen LogP contribution is 2.38. The fourth-order valence-electron chi connectivity index (χ4n) is 5.58. The van der Waals surface area contributed by atoms with E-state index >= 15 is 0 Å². The van der Waals surface area contributed by atoms with Crippen LogP contribution in [0.15, 0.2) is 88.7 Å². The van der Waals surface area contributed by atoms with Crippen LogP contribution in [0, 0.1) is 0 Å². The summed E-state index contributed by atoms with van der Waals surface area (Å²) in [5, 5.41) is 1.98. The van der Waals surface area contributed by atoms with Crippen LogP contribution in [0.3, 0.4) is 0 Å². The zero-order chi connectivity index (χ0) is 32.2. The van der Waals surface area contributed by atoms with Gasteiger partial charge in [0.2, 0.25) is 0 Å². The Morgan fingerprint density at radius 1 is 0.727 bits per heavy atom. The Labute approximate surface area is 272 Å². The molecule has 0 amide bonds. The van der Waals surface area contributed by atoms with Crippen LogP contribution in [0.1, 0.15) is 92.7 Å². The first kappa shape index (κ1) is 35.7. The van der Waals surface area contributed by atoms with Crippen LogP contribution < -0.4 is 0 Å². The van der Waals surface area contributed by atoms with Gasteiger partial charge in [0.05, 0.1) is 22.2 Å². The van der Waals surface area contributed by atoms with Crippen molar-refractivity contribution in [2.75, 3.05) is 25.7 Å². The molecule has 0 aromatic heterocycles. The number of benzene rings is 3. The molecule has 3 rings (SSSR count). The fourth-order valence-corrected chi connectivity index (χ4v) is 6.76. The standard InChI is InChI=1S/C36H47NO5S2/c1-8-23-36(24-9-2,26-41-34(39)30-20-14-16-22-32(30)44-7)37(42-27(3)28-17-11-10-12-18-28)35(4,5)25-40-33(38)29-19-13-15-21-31(29)43-6/h10-22,27H,8-9,23-26H2,1-7H3. The van der Waals surface area contributed by atoms with E-state index in [9.17, 15) is 9.59 Å². The van der Waals surface area contributed by atoms with Crippen molar-refractivity contribution in [3.05, 3.63) is 95.6 Å². The lowest BCUT2D eigenvalue weighted by Crippen LogP contribution is -2.62. The summed E-state index contributed by atoms with van der Waals surface area (Å²) >= 11 is 3.03. The number of hydroxylamine groups is 2. The topological polar surface area (TPSA) is 65.1 Å². The van der Waals surface area contributed by atoms with Crippen LogP contribution in [0.4, 0.5) is 0 Å². The van der Waals surface area contributed by atoms with E-state index in [4.69, 9.17) is 14.3 Å². The molecule has 0 aliphatic carbocycles. The third-order valence-electron chi connectivity index (χ3n) is 7.63. The third-order valence-corrected chi connectivity index (χ3v) is 9.22. The minimum atomic E-state index is -0.777. The quantitative estimate of drug-likeness (QED) is 0.0825. The molecular formula is C36H47NO5S2. The summed E-state index contributed by atoms with van der Waals surface area (Å²) in [5.41, 5.74) is 0.653. The van der Waals surface area contributed by atoms with Gasteiger partial charge in [-0.15, -0.1) is 23.5 Å². The predicted molar refractivity (Wildman–Crippen MR) is 181 cm³/mol. The van der Waals surface area contributed by atoms with E-state index in [1.807, 2.05) is 105 Å². The van der Waals surface area contributed by atoms with Crippen molar-refractivity contribution >= 4 is 35.5 Å². The summed E-state index contributed by atoms with van der Waals surface area (Å²) in [6.07, 6.45) is 6.71. The van der Waals surface area contributed by atoms with Crippen molar-refractivity contribution in [1.29, 1.82) is 0 Å². The maximum atomic E-state index is 13.5. The second-order valence-corrected chi connectivity index (χ2v) is 13.2. The van der Waals surface area contributed by atoms with Crippen molar-refractivity contribution in [2.45, 2.75) is 87.3 Å². The molecule has 0 bridgehead atoms. The number of carbonyl (C=O) groups is 2.